The average molecular weight is 236 g/mol. The second-order valence-corrected chi connectivity index (χ2v) is 4.15. The van der Waals surface area contributed by atoms with E-state index in [1.54, 1.807) is 0 Å². The zero-order valence-corrected chi connectivity index (χ0v) is 10.3. The Bertz CT molecular complexity index is 517. The van der Waals surface area contributed by atoms with Gasteiger partial charge in [-0.25, -0.2) is 4.98 Å². The van der Waals surface area contributed by atoms with Crippen LogP contribution in [0.2, 0.25) is 5.02 Å². The van der Waals surface area contributed by atoms with Gasteiger partial charge < -0.3 is 9.88 Å². The van der Waals surface area contributed by atoms with Crippen molar-refractivity contribution in [3.8, 4) is 5.69 Å². The Labute approximate surface area is 100 Å². The molecule has 2 rings (SSSR count). The van der Waals surface area contributed by atoms with Crippen molar-refractivity contribution in [3.63, 3.8) is 0 Å². The van der Waals surface area contributed by atoms with Crippen LogP contribution in [-0.4, -0.2) is 16.6 Å². The zero-order valence-electron chi connectivity index (χ0n) is 9.58. The standard InChI is InChI=1S/C12H14ClN3/c1-8-7-16(9(2)15-8)12-6-10(13)4-5-11(12)14-3/h4-7,14H,1-3H3. The SMILES string of the molecule is CNc1ccc(Cl)cc1-n1cc(C)nc1C. The topological polar surface area (TPSA) is 29.9 Å². The summed E-state index contributed by atoms with van der Waals surface area (Å²) in [5.41, 5.74) is 3.05. The molecule has 1 aromatic heterocycles. The second-order valence-electron chi connectivity index (χ2n) is 3.71. The van der Waals surface area contributed by atoms with Gasteiger partial charge in [-0.3, -0.25) is 0 Å². The van der Waals surface area contributed by atoms with Gasteiger partial charge in [0.25, 0.3) is 0 Å². The van der Waals surface area contributed by atoms with E-state index in [4.69, 9.17) is 11.6 Å². The van der Waals surface area contributed by atoms with Gasteiger partial charge in [0.1, 0.15) is 5.82 Å². The van der Waals surface area contributed by atoms with Crippen molar-refractivity contribution >= 4 is 17.3 Å². The summed E-state index contributed by atoms with van der Waals surface area (Å²) in [6.45, 7) is 3.96. The first-order valence-corrected chi connectivity index (χ1v) is 5.50. The zero-order chi connectivity index (χ0) is 11.7. The van der Waals surface area contributed by atoms with Gasteiger partial charge in [-0.1, -0.05) is 11.6 Å². The van der Waals surface area contributed by atoms with E-state index < -0.39 is 0 Å². The number of aryl methyl sites for hydroxylation is 2. The lowest BCUT2D eigenvalue weighted by molar-refractivity contribution is 0.975. The molecule has 0 saturated carbocycles. The van der Waals surface area contributed by atoms with Gasteiger partial charge in [-0.15, -0.1) is 0 Å². The lowest BCUT2D eigenvalue weighted by Crippen LogP contribution is -2.01. The van der Waals surface area contributed by atoms with Crippen molar-refractivity contribution in [1.82, 2.24) is 9.55 Å². The number of benzene rings is 1. The number of halogens is 1. The molecule has 0 radical (unpaired) electrons. The normalized spacial score (nSPS) is 10.5. The Balaban J connectivity index is 2.62. The maximum Gasteiger partial charge on any atom is 0.110 e. The Kier molecular flexibility index (Phi) is 2.88. The molecule has 1 N–H and O–H groups in total. The summed E-state index contributed by atoms with van der Waals surface area (Å²) < 4.78 is 2.03. The van der Waals surface area contributed by atoms with E-state index in [0.29, 0.717) is 0 Å². The summed E-state index contributed by atoms with van der Waals surface area (Å²) in [4.78, 5) is 4.38. The van der Waals surface area contributed by atoms with E-state index in [1.165, 1.54) is 0 Å². The second kappa shape index (κ2) is 4.18. The van der Waals surface area contributed by atoms with E-state index in [9.17, 15) is 0 Å². The number of nitrogens with one attached hydrogen (secondary N) is 1. The largest absolute Gasteiger partial charge is 0.386 e. The molecule has 4 heteroatoms. The first kappa shape index (κ1) is 11.0. The molecule has 0 fully saturated rings. The summed E-state index contributed by atoms with van der Waals surface area (Å²) in [5, 5.41) is 3.87. The minimum absolute atomic E-state index is 0.722. The van der Waals surface area contributed by atoms with E-state index in [-0.39, 0.29) is 0 Å². The van der Waals surface area contributed by atoms with Crippen LogP contribution in [0.5, 0.6) is 0 Å². The molecule has 0 amide bonds. The molecule has 0 atom stereocenters. The molecule has 0 aliphatic carbocycles. The van der Waals surface area contributed by atoms with Crippen LogP contribution in [0.15, 0.2) is 24.4 Å². The third-order valence-electron chi connectivity index (χ3n) is 2.49. The first-order chi connectivity index (χ1) is 7.61. The fourth-order valence-electron chi connectivity index (χ4n) is 1.78. The van der Waals surface area contributed by atoms with Crippen molar-refractivity contribution in [2.24, 2.45) is 0 Å². The monoisotopic (exact) mass is 235 g/mol. The molecule has 0 spiro atoms. The predicted octanol–water partition coefficient (Wildman–Crippen LogP) is 3.18. The van der Waals surface area contributed by atoms with E-state index in [1.807, 2.05) is 49.9 Å². The number of anilines is 1. The highest BCUT2D eigenvalue weighted by Gasteiger charge is 2.08. The maximum atomic E-state index is 6.02. The van der Waals surface area contributed by atoms with Crippen molar-refractivity contribution in [2.75, 3.05) is 12.4 Å². The molecular weight excluding hydrogens is 222 g/mol. The van der Waals surface area contributed by atoms with Crippen LogP contribution < -0.4 is 5.32 Å². The fourth-order valence-corrected chi connectivity index (χ4v) is 1.94. The van der Waals surface area contributed by atoms with Crippen molar-refractivity contribution < 1.29 is 0 Å². The van der Waals surface area contributed by atoms with Gasteiger partial charge in [0.15, 0.2) is 0 Å². The van der Waals surface area contributed by atoms with Crippen molar-refractivity contribution in [3.05, 3.63) is 40.9 Å². The van der Waals surface area contributed by atoms with Gasteiger partial charge in [0, 0.05) is 18.3 Å². The van der Waals surface area contributed by atoms with Crippen LogP contribution in [0.25, 0.3) is 5.69 Å². The molecule has 1 heterocycles. The Morgan fingerprint density at radius 3 is 2.62 bits per heavy atom. The Morgan fingerprint density at radius 2 is 2.06 bits per heavy atom. The Hall–Kier alpha value is -1.48. The van der Waals surface area contributed by atoms with Gasteiger partial charge in [0.05, 0.1) is 17.1 Å². The summed E-state index contributed by atoms with van der Waals surface area (Å²) in [7, 11) is 1.89. The summed E-state index contributed by atoms with van der Waals surface area (Å²) in [6, 6.07) is 5.77. The fraction of sp³-hybridized carbons (Fsp3) is 0.250. The summed E-state index contributed by atoms with van der Waals surface area (Å²) >= 11 is 6.02. The summed E-state index contributed by atoms with van der Waals surface area (Å²) in [6.07, 6.45) is 2.00. The molecule has 3 nitrogen and oxygen atoms in total. The molecule has 2 aromatic rings. The molecule has 16 heavy (non-hydrogen) atoms. The molecular formula is C12H14ClN3. The third kappa shape index (κ3) is 1.91. The predicted molar refractivity (Wildman–Crippen MR) is 67.6 cm³/mol. The lowest BCUT2D eigenvalue weighted by Gasteiger charge is -2.11. The summed E-state index contributed by atoms with van der Waals surface area (Å²) in [5.74, 6) is 0.955. The van der Waals surface area contributed by atoms with E-state index in [2.05, 4.69) is 10.3 Å². The van der Waals surface area contributed by atoms with Crippen LogP contribution in [0.1, 0.15) is 11.5 Å². The molecule has 0 aliphatic rings. The van der Waals surface area contributed by atoms with Gasteiger partial charge in [0.2, 0.25) is 0 Å². The van der Waals surface area contributed by atoms with Crippen LogP contribution in [-0.2, 0) is 0 Å². The smallest absolute Gasteiger partial charge is 0.110 e. The molecule has 0 bridgehead atoms. The van der Waals surface area contributed by atoms with E-state index in [0.717, 1.165) is 27.9 Å². The van der Waals surface area contributed by atoms with E-state index >= 15 is 0 Å². The van der Waals surface area contributed by atoms with Gasteiger partial charge >= 0.3 is 0 Å². The third-order valence-corrected chi connectivity index (χ3v) is 2.73. The number of rotatable bonds is 2. The van der Waals surface area contributed by atoms with Crippen LogP contribution in [0, 0.1) is 13.8 Å². The van der Waals surface area contributed by atoms with Crippen LogP contribution >= 0.6 is 11.6 Å². The Morgan fingerprint density at radius 1 is 1.31 bits per heavy atom. The highest BCUT2D eigenvalue weighted by Crippen LogP contribution is 2.25. The molecule has 0 unspecified atom stereocenters. The molecule has 0 saturated heterocycles. The van der Waals surface area contributed by atoms with Gasteiger partial charge in [-0.2, -0.15) is 0 Å². The highest BCUT2D eigenvalue weighted by atomic mass is 35.5. The van der Waals surface area contributed by atoms with Crippen molar-refractivity contribution in [2.45, 2.75) is 13.8 Å². The average Bonchev–Trinajstić information content (AvgIpc) is 2.57. The maximum absolute atomic E-state index is 6.02. The minimum Gasteiger partial charge on any atom is -0.386 e. The van der Waals surface area contributed by atoms with Crippen LogP contribution in [0.3, 0.4) is 0 Å². The molecule has 0 aliphatic heterocycles. The highest BCUT2D eigenvalue weighted by molar-refractivity contribution is 6.30. The minimum atomic E-state index is 0.722. The lowest BCUT2D eigenvalue weighted by atomic mass is 10.2. The number of imidazole rings is 1. The van der Waals surface area contributed by atoms with Crippen LogP contribution in [0.4, 0.5) is 5.69 Å². The number of aromatic nitrogens is 2. The number of hydrogen-bond donors (Lipinski definition) is 1. The molecule has 84 valence electrons. The number of nitrogens with zero attached hydrogens (tertiary/aromatic N) is 2. The number of hydrogen-bond acceptors (Lipinski definition) is 2. The van der Waals surface area contributed by atoms with Crippen molar-refractivity contribution in [1.29, 1.82) is 0 Å². The van der Waals surface area contributed by atoms with Gasteiger partial charge in [-0.05, 0) is 32.0 Å². The first-order valence-electron chi connectivity index (χ1n) is 5.12. The molecule has 1 aromatic carbocycles. The quantitative estimate of drug-likeness (QED) is 0.867.